The molecule has 0 saturated heterocycles. The number of anilines is 1. The van der Waals surface area contributed by atoms with Crippen LogP contribution in [0.2, 0.25) is 0 Å². The van der Waals surface area contributed by atoms with Gasteiger partial charge in [0, 0.05) is 37.5 Å². The van der Waals surface area contributed by atoms with E-state index in [4.69, 9.17) is 4.74 Å². The molecule has 0 aliphatic heterocycles. The van der Waals surface area contributed by atoms with E-state index in [0.29, 0.717) is 5.56 Å². The number of pyridine rings is 1. The third-order valence-electron chi connectivity index (χ3n) is 5.42. The van der Waals surface area contributed by atoms with Gasteiger partial charge >= 0.3 is 0 Å². The lowest BCUT2D eigenvalue weighted by Gasteiger charge is -2.22. The van der Waals surface area contributed by atoms with Gasteiger partial charge in [0.25, 0.3) is 0 Å². The Labute approximate surface area is 206 Å². The minimum absolute atomic E-state index is 0.00860. The van der Waals surface area contributed by atoms with Crippen LogP contribution in [0.4, 0.5) is 14.7 Å². The number of ether oxygens (including phenoxy) is 1. The Morgan fingerprint density at radius 3 is 2.28 bits per heavy atom. The van der Waals surface area contributed by atoms with Gasteiger partial charge in [0.2, 0.25) is 16.0 Å². The van der Waals surface area contributed by atoms with E-state index in [1.807, 2.05) is 0 Å². The minimum Gasteiger partial charge on any atom is -0.372 e. The molecule has 0 spiro atoms. The van der Waals surface area contributed by atoms with Crippen molar-refractivity contribution >= 4 is 16.0 Å². The summed E-state index contributed by atoms with van der Waals surface area (Å²) in [5, 5.41) is 6.71. The van der Waals surface area contributed by atoms with Crippen molar-refractivity contribution in [1.29, 1.82) is 0 Å². The molecule has 4 aromatic rings. The van der Waals surface area contributed by atoms with E-state index in [1.54, 1.807) is 38.5 Å². The molecule has 188 valence electrons. The van der Waals surface area contributed by atoms with Gasteiger partial charge in [0.05, 0.1) is 0 Å². The zero-order valence-electron chi connectivity index (χ0n) is 19.8. The fourth-order valence-corrected chi connectivity index (χ4v) is 4.70. The molecule has 36 heavy (non-hydrogen) atoms. The summed E-state index contributed by atoms with van der Waals surface area (Å²) in [6, 6.07) is 4.98. The molecule has 3 aromatic heterocycles. The topological polar surface area (TPSA) is 125 Å². The van der Waals surface area contributed by atoms with E-state index < -0.39 is 44.6 Å². The van der Waals surface area contributed by atoms with Crippen LogP contribution >= 0.6 is 0 Å². The highest BCUT2D eigenvalue weighted by atomic mass is 32.2. The minimum atomic E-state index is -4.25. The summed E-state index contributed by atoms with van der Waals surface area (Å²) in [6.07, 6.45) is 5.08. The molecule has 0 unspecified atom stereocenters. The maximum absolute atomic E-state index is 14.9. The fraction of sp³-hybridized carbons (Fsp3) is 0.261. The third kappa shape index (κ3) is 4.93. The average molecular weight is 516 g/mol. The largest absolute Gasteiger partial charge is 0.372 e. The number of rotatable bonds is 8. The van der Waals surface area contributed by atoms with Gasteiger partial charge in [-0.15, -0.1) is 10.2 Å². The number of nitrogens with zero attached hydrogens (tertiary/aromatic N) is 6. The Balaban J connectivity index is 1.80. The van der Waals surface area contributed by atoms with E-state index in [1.165, 1.54) is 26.3 Å². The van der Waals surface area contributed by atoms with Crippen molar-refractivity contribution in [2.45, 2.75) is 32.1 Å². The highest BCUT2D eigenvalue weighted by Gasteiger charge is 2.35. The molecule has 1 aromatic carbocycles. The Hall–Kier alpha value is -3.84. The summed E-state index contributed by atoms with van der Waals surface area (Å²) in [4.78, 5) is 12.4. The first-order valence-electron chi connectivity index (χ1n) is 10.8. The number of hydrogen-bond acceptors (Lipinski definition) is 8. The molecular weight excluding hydrogens is 492 g/mol. The first-order chi connectivity index (χ1) is 17.1. The Bertz CT molecular complexity index is 1470. The van der Waals surface area contributed by atoms with Gasteiger partial charge in [0.15, 0.2) is 11.6 Å². The number of para-hydroxylation sites is 1. The lowest BCUT2D eigenvalue weighted by Crippen LogP contribution is -2.33. The second kappa shape index (κ2) is 10.0. The highest BCUT2D eigenvalue weighted by molar-refractivity contribution is 7.93. The van der Waals surface area contributed by atoms with Crippen molar-refractivity contribution in [3.05, 3.63) is 77.6 Å². The summed E-state index contributed by atoms with van der Waals surface area (Å²) in [5.41, 5.74) is 1.38. The van der Waals surface area contributed by atoms with Crippen LogP contribution in [0.1, 0.15) is 30.0 Å². The lowest BCUT2D eigenvalue weighted by atomic mass is 10.2. The zero-order valence-corrected chi connectivity index (χ0v) is 20.7. The Kier molecular flexibility index (Phi) is 7.04. The number of methoxy groups -OCH3 is 1. The van der Waals surface area contributed by atoms with Crippen molar-refractivity contribution < 1.29 is 21.9 Å². The molecule has 13 heteroatoms. The Morgan fingerprint density at radius 1 is 1.00 bits per heavy atom. The van der Waals surface area contributed by atoms with Gasteiger partial charge in [-0.1, -0.05) is 6.07 Å². The molecule has 0 saturated carbocycles. The van der Waals surface area contributed by atoms with Gasteiger partial charge in [-0.05, 0) is 50.1 Å². The van der Waals surface area contributed by atoms with Crippen LogP contribution < -0.4 is 4.72 Å². The summed E-state index contributed by atoms with van der Waals surface area (Å²) in [7, 11) is -2.92. The molecule has 0 amide bonds. The van der Waals surface area contributed by atoms with E-state index in [9.17, 15) is 17.2 Å². The quantitative estimate of drug-likeness (QED) is 0.378. The molecule has 1 N–H and O–H groups in total. The Morgan fingerprint density at radius 2 is 1.67 bits per heavy atom. The van der Waals surface area contributed by atoms with Crippen LogP contribution in [0.5, 0.6) is 0 Å². The molecule has 0 aliphatic rings. The molecule has 10 nitrogen and oxygen atoms in total. The average Bonchev–Trinajstić information content (AvgIpc) is 3.23. The maximum atomic E-state index is 14.9. The maximum Gasteiger partial charge on any atom is 0.243 e. The van der Waals surface area contributed by atoms with Gasteiger partial charge in [-0.3, -0.25) is 14.3 Å². The number of sulfonamides is 1. The predicted molar refractivity (Wildman–Crippen MR) is 128 cm³/mol. The van der Waals surface area contributed by atoms with Gasteiger partial charge < -0.3 is 4.74 Å². The highest BCUT2D eigenvalue weighted by Crippen LogP contribution is 2.30. The van der Waals surface area contributed by atoms with Crippen LogP contribution in [0.25, 0.3) is 17.1 Å². The van der Waals surface area contributed by atoms with Gasteiger partial charge in [0.1, 0.15) is 28.7 Å². The number of aromatic nitrogens is 6. The van der Waals surface area contributed by atoms with Crippen LogP contribution in [0, 0.1) is 25.5 Å². The number of nitrogens with one attached hydrogen (secondary N) is 1. The lowest BCUT2D eigenvalue weighted by molar-refractivity contribution is 0.0949. The van der Waals surface area contributed by atoms with E-state index in [0.717, 1.165) is 27.8 Å². The van der Waals surface area contributed by atoms with Crippen molar-refractivity contribution in [1.82, 2.24) is 29.7 Å². The number of hydrogen-bond donors (Lipinski definition) is 1. The molecule has 4 rings (SSSR count). The number of benzene rings is 1. The standard InChI is InChI=1S/C23H23F2N7O3S/c1-13-8-16(12-26-9-13)22-29-30-23(32(22)19-17(24)6-5-7-18(19)25)31-36(33,34)15(3)20(35-4)21-27-10-14(2)11-28-21/h5-12,15,20H,1-4H3,(H,30,31)/t15-,20-/m0/s1. The molecule has 0 fully saturated rings. The van der Waals surface area contributed by atoms with E-state index in [-0.39, 0.29) is 11.6 Å². The molecule has 2 atom stereocenters. The summed E-state index contributed by atoms with van der Waals surface area (Å²) < 4.78 is 65.1. The SMILES string of the molecule is CO[C@H](c1ncc(C)cn1)[C@H](C)S(=O)(=O)Nc1nnc(-c2cncc(C)c2)n1-c1c(F)cccc1F. The van der Waals surface area contributed by atoms with Crippen molar-refractivity contribution in [2.75, 3.05) is 11.8 Å². The third-order valence-corrected chi connectivity index (χ3v) is 7.11. The second-order valence-corrected chi connectivity index (χ2v) is 10.2. The molecular formula is C23H23F2N7O3S. The first kappa shape index (κ1) is 25.3. The van der Waals surface area contributed by atoms with Crippen molar-refractivity contribution in [3.8, 4) is 17.1 Å². The van der Waals surface area contributed by atoms with E-state index in [2.05, 4.69) is 29.9 Å². The summed E-state index contributed by atoms with van der Waals surface area (Å²) >= 11 is 0. The van der Waals surface area contributed by atoms with Crippen molar-refractivity contribution in [2.24, 2.45) is 0 Å². The molecule has 0 aliphatic carbocycles. The molecule has 0 radical (unpaired) electrons. The summed E-state index contributed by atoms with van der Waals surface area (Å²) in [6.45, 7) is 4.98. The van der Waals surface area contributed by atoms with Crippen molar-refractivity contribution in [3.63, 3.8) is 0 Å². The predicted octanol–water partition coefficient (Wildman–Crippen LogP) is 3.53. The van der Waals surface area contributed by atoms with Crippen LogP contribution in [0.15, 0.2) is 49.1 Å². The molecule has 0 bridgehead atoms. The van der Waals surface area contributed by atoms with Gasteiger partial charge in [-0.2, -0.15) is 0 Å². The number of halogens is 2. The second-order valence-electron chi connectivity index (χ2n) is 8.13. The molecule has 3 heterocycles. The number of aryl methyl sites for hydroxylation is 2. The van der Waals surface area contributed by atoms with Crippen LogP contribution in [-0.4, -0.2) is 50.5 Å². The monoisotopic (exact) mass is 515 g/mol. The normalized spacial score (nSPS) is 13.4. The van der Waals surface area contributed by atoms with E-state index >= 15 is 0 Å². The first-order valence-corrected chi connectivity index (χ1v) is 12.3. The smallest absolute Gasteiger partial charge is 0.243 e. The van der Waals surface area contributed by atoms with Gasteiger partial charge in [-0.25, -0.2) is 27.2 Å². The fourth-order valence-electron chi connectivity index (χ4n) is 3.57. The summed E-state index contributed by atoms with van der Waals surface area (Å²) in [5.74, 6) is -2.14. The zero-order chi connectivity index (χ0) is 26.0. The van der Waals surface area contributed by atoms with Crippen LogP contribution in [0.3, 0.4) is 0 Å². The van der Waals surface area contributed by atoms with Crippen LogP contribution in [-0.2, 0) is 14.8 Å².